The lowest BCUT2D eigenvalue weighted by molar-refractivity contribution is 0.0692. The lowest BCUT2D eigenvalue weighted by Gasteiger charge is -2.26. The standard InChI is InChI=1S/C17H25FN4O2/c1-10-5-6-11(2)22(10)16(23)13-7-8-14(15(18)9-13)12(3)20-17(24)21(4)19/h7-12H,5-6,19H2,1-4H3,(H,20,24)/t10?,11?,12-/m1/s1. The zero-order chi connectivity index (χ0) is 18.0. The number of hydrogen-bond acceptors (Lipinski definition) is 3. The molecule has 1 saturated heterocycles. The molecule has 3 N–H and O–H groups in total. The van der Waals surface area contributed by atoms with Gasteiger partial charge in [0.05, 0.1) is 6.04 Å². The number of hydrazine groups is 1. The van der Waals surface area contributed by atoms with E-state index in [1.165, 1.54) is 19.2 Å². The lowest BCUT2D eigenvalue weighted by Crippen LogP contribution is -2.42. The minimum atomic E-state index is -0.558. The number of amides is 3. The van der Waals surface area contributed by atoms with Crippen molar-refractivity contribution in [3.63, 3.8) is 0 Å². The Morgan fingerprint density at radius 3 is 2.42 bits per heavy atom. The molecule has 1 aromatic carbocycles. The number of carbonyl (C=O) groups is 2. The maximum atomic E-state index is 14.4. The van der Waals surface area contributed by atoms with Crippen molar-refractivity contribution < 1.29 is 14.0 Å². The van der Waals surface area contributed by atoms with E-state index < -0.39 is 17.9 Å². The fourth-order valence-electron chi connectivity index (χ4n) is 3.12. The number of nitrogens with zero attached hydrogens (tertiary/aromatic N) is 2. The van der Waals surface area contributed by atoms with Crippen LogP contribution in [0.5, 0.6) is 0 Å². The smallest absolute Gasteiger partial charge is 0.331 e. The van der Waals surface area contributed by atoms with Crippen molar-refractivity contribution in [1.29, 1.82) is 0 Å². The van der Waals surface area contributed by atoms with Gasteiger partial charge in [-0.2, -0.15) is 0 Å². The van der Waals surface area contributed by atoms with E-state index in [0.717, 1.165) is 17.9 Å². The molecule has 0 saturated carbocycles. The molecular formula is C17H25FN4O2. The van der Waals surface area contributed by atoms with Crippen molar-refractivity contribution in [2.45, 2.75) is 51.7 Å². The number of nitrogens with one attached hydrogen (secondary N) is 1. The molecule has 0 radical (unpaired) electrons. The first kappa shape index (κ1) is 18.2. The molecule has 24 heavy (non-hydrogen) atoms. The van der Waals surface area contributed by atoms with Crippen LogP contribution in [0, 0.1) is 5.82 Å². The molecule has 3 amide bonds. The molecule has 1 aliphatic heterocycles. The zero-order valence-corrected chi connectivity index (χ0v) is 14.5. The van der Waals surface area contributed by atoms with Crippen LogP contribution in [0.4, 0.5) is 9.18 Å². The predicted octanol–water partition coefficient (Wildman–Crippen LogP) is 2.41. The fourth-order valence-corrected chi connectivity index (χ4v) is 3.12. The van der Waals surface area contributed by atoms with Crippen molar-refractivity contribution in [3.05, 3.63) is 35.1 Å². The van der Waals surface area contributed by atoms with Gasteiger partial charge in [-0.15, -0.1) is 0 Å². The quantitative estimate of drug-likeness (QED) is 0.505. The van der Waals surface area contributed by atoms with E-state index in [1.807, 2.05) is 18.7 Å². The molecule has 0 bridgehead atoms. The number of urea groups is 1. The predicted molar refractivity (Wildman–Crippen MR) is 89.6 cm³/mol. The van der Waals surface area contributed by atoms with Gasteiger partial charge in [-0.3, -0.25) is 9.80 Å². The summed E-state index contributed by atoms with van der Waals surface area (Å²) in [5.41, 5.74) is 0.635. The molecule has 6 nitrogen and oxygen atoms in total. The van der Waals surface area contributed by atoms with Crippen molar-refractivity contribution >= 4 is 11.9 Å². The Balaban J connectivity index is 2.17. The maximum Gasteiger partial charge on any atom is 0.331 e. The highest BCUT2D eigenvalue weighted by molar-refractivity contribution is 5.95. The Labute approximate surface area is 141 Å². The van der Waals surface area contributed by atoms with E-state index in [1.54, 1.807) is 13.0 Å². The minimum Gasteiger partial charge on any atom is -0.333 e. The zero-order valence-electron chi connectivity index (χ0n) is 14.5. The number of nitrogens with two attached hydrogens (primary N) is 1. The Morgan fingerprint density at radius 2 is 1.92 bits per heavy atom. The Kier molecular flexibility index (Phi) is 5.43. The molecule has 1 fully saturated rings. The van der Waals surface area contributed by atoms with Gasteiger partial charge in [-0.1, -0.05) is 6.07 Å². The molecule has 132 valence electrons. The summed E-state index contributed by atoms with van der Waals surface area (Å²) in [4.78, 5) is 26.0. The monoisotopic (exact) mass is 336 g/mol. The average molecular weight is 336 g/mol. The van der Waals surface area contributed by atoms with Crippen LogP contribution in [0.3, 0.4) is 0 Å². The van der Waals surface area contributed by atoms with Crippen LogP contribution >= 0.6 is 0 Å². The van der Waals surface area contributed by atoms with Crippen molar-refractivity contribution in [2.75, 3.05) is 7.05 Å². The number of rotatable bonds is 3. The van der Waals surface area contributed by atoms with Gasteiger partial charge in [0.2, 0.25) is 0 Å². The largest absolute Gasteiger partial charge is 0.333 e. The van der Waals surface area contributed by atoms with Gasteiger partial charge in [-0.25, -0.2) is 15.0 Å². The second kappa shape index (κ2) is 7.17. The van der Waals surface area contributed by atoms with Gasteiger partial charge in [0, 0.05) is 30.3 Å². The number of halogens is 1. The molecule has 0 aromatic heterocycles. The molecule has 0 aliphatic carbocycles. The third-order valence-electron chi connectivity index (χ3n) is 4.56. The summed E-state index contributed by atoms with van der Waals surface area (Å²) in [6.45, 7) is 5.67. The van der Waals surface area contributed by atoms with Crippen LogP contribution in [-0.4, -0.2) is 41.0 Å². The molecular weight excluding hydrogens is 311 g/mol. The highest BCUT2D eigenvalue weighted by Crippen LogP contribution is 2.27. The van der Waals surface area contributed by atoms with E-state index in [9.17, 15) is 14.0 Å². The highest BCUT2D eigenvalue weighted by atomic mass is 19.1. The summed E-state index contributed by atoms with van der Waals surface area (Å²) >= 11 is 0. The van der Waals surface area contributed by atoms with Gasteiger partial charge in [-0.05, 0) is 45.7 Å². The molecule has 0 spiro atoms. The first-order valence-corrected chi connectivity index (χ1v) is 8.13. The molecule has 7 heteroatoms. The first-order chi connectivity index (χ1) is 11.2. The molecule has 1 heterocycles. The van der Waals surface area contributed by atoms with Crippen molar-refractivity contribution in [3.8, 4) is 0 Å². The van der Waals surface area contributed by atoms with Gasteiger partial charge in [0.25, 0.3) is 5.91 Å². The summed E-state index contributed by atoms with van der Waals surface area (Å²) in [5.74, 6) is 4.66. The second-order valence-electron chi connectivity index (χ2n) is 6.51. The summed E-state index contributed by atoms with van der Waals surface area (Å²) in [6, 6.07) is 3.63. The van der Waals surface area contributed by atoms with Crippen molar-refractivity contribution in [1.82, 2.24) is 15.2 Å². The molecule has 3 atom stereocenters. The van der Waals surface area contributed by atoms with E-state index in [-0.39, 0.29) is 18.0 Å². The van der Waals surface area contributed by atoms with Crippen LogP contribution in [-0.2, 0) is 0 Å². The summed E-state index contributed by atoms with van der Waals surface area (Å²) in [5, 5.41) is 3.47. The van der Waals surface area contributed by atoms with E-state index >= 15 is 0 Å². The molecule has 1 aliphatic rings. The number of hydrogen-bond donors (Lipinski definition) is 2. The number of benzene rings is 1. The maximum absolute atomic E-state index is 14.4. The molecule has 1 aromatic rings. The SMILES string of the molecule is CC1CCC(C)N1C(=O)c1ccc([C@@H](C)NC(=O)N(C)N)c(F)c1. The summed E-state index contributed by atoms with van der Waals surface area (Å²) < 4.78 is 14.4. The van der Waals surface area contributed by atoms with Gasteiger partial charge >= 0.3 is 6.03 Å². The summed E-state index contributed by atoms with van der Waals surface area (Å²) in [7, 11) is 1.40. The van der Waals surface area contributed by atoms with Crippen molar-refractivity contribution in [2.24, 2.45) is 5.84 Å². The Morgan fingerprint density at radius 1 is 1.33 bits per heavy atom. The third kappa shape index (κ3) is 3.67. The normalized spacial score (nSPS) is 21.5. The topological polar surface area (TPSA) is 78.7 Å². The van der Waals surface area contributed by atoms with E-state index in [0.29, 0.717) is 11.1 Å². The minimum absolute atomic E-state index is 0.156. The molecule has 2 rings (SSSR count). The van der Waals surface area contributed by atoms with Gasteiger partial charge in [0.15, 0.2) is 0 Å². The van der Waals surface area contributed by atoms with Crippen LogP contribution in [0.2, 0.25) is 0 Å². The Hall–Kier alpha value is -2.15. The summed E-state index contributed by atoms with van der Waals surface area (Å²) in [6.07, 6.45) is 1.92. The Bertz CT molecular complexity index is 625. The van der Waals surface area contributed by atoms with Crippen LogP contribution < -0.4 is 11.2 Å². The van der Waals surface area contributed by atoms with E-state index in [4.69, 9.17) is 5.84 Å². The fraction of sp³-hybridized carbons (Fsp3) is 0.529. The highest BCUT2D eigenvalue weighted by Gasteiger charge is 2.32. The molecule has 2 unspecified atom stereocenters. The van der Waals surface area contributed by atoms with Crippen LogP contribution in [0.25, 0.3) is 0 Å². The number of likely N-dealkylation sites (tertiary alicyclic amines) is 1. The second-order valence-corrected chi connectivity index (χ2v) is 6.51. The third-order valence-corrected chi connectivity index (χ3v) is 4.56. The number of carbonyl (C=O) groups excluding carboxylic acids is 2. The first-order valence-electron chi connectivity index (χ1n) is 8.13. The van der Waals surface area contributed by atoms with Crippen LogP contribution in [0.1, 0.15) is 55.6 Å². The van der Waals surface area contributed by atoms with E-state index in [2.05, 4.69) is 5.32 Å². The average Bonchev–Trinajstić information content (AvgIpc) is 2.85. The lowest BCUT2D eigenvalue weighted by atomic mass is 10.0. The van der Waals surface area contributed by atoms with Crippen LogP contribution in [0.15, 0.2) is 18.2 Å². The van der Waals surface area contributed by atoms with Gasteiger partial charge in [0.1, 0.15) is 5.82 Å². The van der Waals surface area contributed by atoms with Gasteiger partial charge < -0.3 is 10.2 Å².